The minimum atomic E-state index is 0.532. The first-order chi connectivity index (χ1) is 9.16. The molecule has 20 heavy (non-hydrogen) atoms. The summed E-state index contributed by atoms with van der Waals surface area (Å²) in [4.78, 5) is 0. The molecule has 0 radical (unpaired) electrons. The Hall–Kier alpha value is -0.0400. The van der Waals surface area contributed by atoms with E-state index < -0.39 is 0 Å². The predicted molar refractivity (Wildman–Crippen MR) is 86.7 cm³/mol. The first-order valence-electron chi connectivity index (χ1n) is 8.92. The summed E-state index contributed by atoms with van der Waals surface area (Å²) in [7, 11) is 0. The van der Waals surface area contributed by atoms with Crippen molar-refractivity contribution in [1.82, 2.24) is 5.32 Å². The van der Waals surface area contributed by atoms with Crippen molar-refractivity contribution in [2.45, 2.75) is 92.2 Å². The molecular weight excluding hydrogens is 242 g/mol. The molecule has 3 rings (SSSR count). The zero-order valence-corrected chi connectivity index (χ0v) is 14.6. The molecule has 0 aromatic rings. The Balaban J connectivity index is 1.68. The van der Waals surface area contributed by atoms with E-state index >= 15 is 0 Å². The van der Waals surface area contributed by atoms with Crippen LogP contribution in [-0.4, -0.2) is 12.1 Å². The third-order valence-corrected chi connectivity index (χ3v) is 7.90. The van der Waals surface area contributed by atoms with Crippen LogP contribution in [0.15, 0.2) is 0 Å². The minimum Gasteiger partial charge on any atom is -0.310 e. The van der Waals surface area contributed by atoms with Gasteiger partial charge in [0.05, 0.1) is 0 Å². The Morgan fingerprint density at radius 2 is 1.65 bits per heavy atom. The number of fused-ring (bicyclic) bond motifs is 2. The molecule has 3 aliphatic carbocycles. The fourth-order valence-electron chi connectivity index (χ4n) is 5.91. The highest BCUT2D eigenvalue weighted by Crippen LogP contribution is 2.65. The quantitative estimate of drug-likeness (QED) is 0.748. The van der Waals surface area contributed by atoms with Gasteiger partial charge in [0.2, 0.25) is 0 Å². The van der Waals surface area contributed by atoms with Gasteiger partial charge in [0.15, 0.2) is 0 Å². The van der Waals surface area contributed by atoms with Crippen LogP contribution in [0.5, 0.6) is 0 Å². The first-order valence-corrected chi connectivity index (χ1v) is 8.92. The van der Waals surface area contributed by atoms with Crippen LogP contribution in [0.1, 0.15) is 80.1 Å². The Morgan fingerprint density at radius 1 is 0.950 bits per heavy atom. The van der Waals surface area contributed by atoms with E-state index in [1.165, 1.54) is 38.5 Å². The lowest BCUT2D eigenvalue weighted by Crippen LogP contribution is -2.52. The van der Waals surface area contributed by atoms with E-state index in [2.05, 4.69) is 46.9 Å². The molecule has 3 aliphatic rings. The molecule has 116 valence electrons. The van der Waals surface area contributed by atoms with Crippen LogP contribution < -0.4 is 5.32 Å². The predicted octanol–water partition coefficient (Wildman–Crippen LogP) is 5.01. The summed E-state index contributed by atoms with van der Waals surface area (Å²) < 4.78 is 0. The van der Waals surface area contributed by atoms with Crippen molar-refractivity contribution in [3.8, 4) is 0 Å². The topological polar surface area (TPSA) is 12.0 Å². The number of rotatable bonds is 2. The molecule has 3 saturated carbocycles. The molecule has 5 unspecified atom stereocenters. The average molecular weight is 277 g/mol. The van der Waals surface area contributed by atoms with E-state index in [0.717, 1.165) is 23.9 Å². The molecule has 0 aliphatic heterocycles. The maximum Gasteiger partial charge on any atom is 0.0132 e. The lowest BCUT2D eigenvalue weighted by Gasteiger charge is -2.45. The summed E-state index contributed by atoms with van der Waals surface area (Å²) in [5.74, 6) is 1.80. The van der Waals surface area contributed by atoms with Crippen LogP contribution in [0, 0.1) is 28.1 Å². The summed E-state index contributed by atoms with van der Waals surface area (Å²) in [6.45, 7) is 15.0. The summed E-state index contributed by atoms with van der Waals surface area (Å²) in [6, 6.07) is 1.53. The standard InChI is InChI=1S/C19H35N/c1-13-12-17(2,3)9-8-15(13)20-16-11-14-7-10-19(16,6)18(14,4)5/h13-16,20H,7-12H2,1-6H3. The van der Waals surface area contributed by atoms with Crippen molar-refractivity contribution in [3.63, 3.8) is 0 Å². The Morgan fingerprint density at radius 3 is 2.15 bits per heavy atom. The highest BCUT2D eigenvalue weighted by Gasteiger charge is 2.61. The van der Waals surface area contributed by atoms with Crippen molar-refractivity contribution in [3.05, 3.63) is 0 Å². The molecule has 1 N–H and O–H groups in total. The minimum absolute atomic E-state index is 0.532. The highest BCUT2D eigenvalue weighted by atomic mass is 15.0. The molecule has 0 heterocycles. The van der Waals surface area contributed by atoms with Gasteiger partial charge >= 0.3 is 0 Å². The van der Waals surface area contributed by atoms with Crippen molar-refractivity contribution in [1.29, 1.82) is 0 Å². The number of hydrogen-bond acceptors (Lipinski definition) is 1. The van der Waals surface area contributed by atoms with Crippen molar-refractivity contribution in [2.24, 2.45) is 28.1 Å². The molecule has 0 saturated heterocycles. The molecule has 1 heteroatoms. The van der Waals surface area contributed by atoms with Gasteiger partial charge in [-0.2, -0.15) is 0 Å². The van der Waals surface area contributed by atoms with E-state index in [1.54, 1.807) is 0 Å². The zero-order valence-electron chi connectivity index (χ0n) is 14.6. The Bertz CT molecular complexity index is 383. The van der Waals surface area contributed by atoms with E-state index in [0.29, 0.717) is 16.2 Å². The normalized spacial score (nSPS) is 49.5. The monoisotopic (exact) mass is 277 g/mol. The molecule has 0 aromatic carbocycles. The van der Waals surface area contributed by atoms with Gasteiger partial charge in [-0.05, 0) is 66.6 Å². The van der Waals surface area contributed by atoms with Gasteiger partial charge in [-0.1, -0.05) is 41.5 Å². The SMILES string of the molecule is CC1CC(C)(C)CCC1NC1CC2CCC1(C)C2(C)C. The van der Waals surface area contributed by atoms with Gasteiger partial charge < -0.3 is 5.32 Å². The lowest BCUT2D eigenvalue weighted by atomic mass is 9.67. The van der Waals surface area contributed by atoms with Gasteiger partial charge in [0.25, 0.3) is 0 Å². The Kier molecular flexibility index (Phi) is 3.33. The van der Waals surface area contributed by atoms with Gasteiger partial charge in [-0.25, -0.2) is 0 Å². The number of hydrogen-bond donors (Lipinski definition) is 1. The number of nitrogens with one attached hydrogen (secondary N) is 1. The van der Waals surface area contributed by atoms with Gasteiger partial charge in [-0.3, -0.25) is 0 Å². The van der Waals surface area contributed by atoms with Crippen molar-refractivity contribution < 1.29 is 0 Å². The van der Waals surface area contributed by atoms with E-state index in [9.17, 15) is 0 Å². The maximum absolute atomic E-state index is 4.13. The summed E-state index contributed by atoms with van der Waals surface area (Å²) >= 11 is 0. The molecule has 5 atom stereocenters. The van der Waals surface area contributed by atoms with Crippen LogP contribution in [0.4, 0.5) is 0 Å². The first kappa shape index (κ1) is 14.9. The van der Waals surface area contributed by atoms with Crippen LogP contribution in [0.2, 0.25) is 0 Å². The van der Waals surface area contributed by atoms with Crippen LogP contribution in [-0.2, 0) is 0 Å². The summed E-state index contributed by atoms with van der Waals surface area (Å²) in [5, 5.41) is 4.13. The maximum atomic E-state index is 4.13. The second-order valence-corrected chi connectivity index (χ2v) is 9.82. The second kappa shape index (κ2) is 4.48. The van der Waals surface area contributed by atoms with Gasteiger partial charge in [0.1, 0.15) is 0 Å². The fourth-order valence-corrected chi connectivity index (χ4v) is 5.91. The molecule has 0 amide bonds. The summed E-state index contributed by atoms with van der Waals surface area (Å²) in [5.41, 5.74) is 1.64. The smallest absolute Gasteiger partial charge is 0.0132 e. The summed E-state index contributed by atoms with van der Waals surface area (Å²) in [6.07, 6.45) is 8.50. The van der Waals surface area contributed by atoms with E-state index in [1.807, 2.05) is 0 Å². The zero-order chi connectivity index (χ0) is 14.8. The van der Waals surface area contributed by atoms with E-state index in [-0.39, 0.29) is 0 Å². The lowest BCUT2D eigenvalue weighted by molar-refractivity contribution is 0.0861. The van der Waals surface area contributed by atoms with Crippen LogP contribution >= 0.6 is 0 Å². The second-order valence-electron chi connectivity index (χ2n) is 9.82. The van der Waals surface area contributed by atoms with Crippen LogP contribution in [0.3, 0.4) is 0 Å². The average Bonchev–Trinajstić information content (AvgIpc) is 2.65. The molecule has 3 fully saturated rings. The van der Waals surface area contributed by atoms with Gasteiger partial charge in [-0.15, -0.1) is 0 Å². The molecule has 0 spiro atoms. The van der Waals surface area contributed by atoms with Crippen molar-refractivity contribution >= 4 is 0 Å². The third-order valence-electron chi connectivity index (χ3n) is 7.90. The largest absolute Gasteiger partial charge is 0.310 e. The van der Waals surface area contributed by atoms with E-state index in [4.69, 9.17) is 0 Å². The van der Waals surface area contributed by atoms with Gasteiger partial charge in [0, 0.05) is 12.1 Å². The molecular formula is C19H35N. The van der Waals surface area contributed by atoms with Crippen molar-refractivity contribution in [2.75, 3.05) is 0 Å². The Labute approximate surface area is 126 Å². The molecule has 2 bridgehead atoms. The highest BCUT2D eigenvalue weighted by molar-refractivity contribution is 5.13. The molecule has 0 aromatic heterocycles. The third kappa shape index (κ3) is 2.07. The van der Waals surface area contributed by atoms with Crippen LogP contribution in [0.25, 0.3) is 0 Å². The molecule has 1 nitrogen and oxygen atoms in total. The fraction of sp³-hybridized carbons (Fsp3) is 1.00.